The normalized spacial score (nSPS) is 11.1. The smallest absolute Gasteiger partial charge is 0.261 e. The zero-order valence-electron chi connectivity index (χ0n) is 18.3. The fourth-order valence-corrected chi connectivity index (χ4v) is 3.56. The zero-order chi connectivity index (χ0) is 22.2. The maximum absolute atomic E-state index is 12.4. The first kappa shape index (κ1) is 22.8. The molecule has 0 aliphatic rings. The molecule has 0 saturated heterocycles. The minimum Gasteiger partial charge on any atom is -0.355 e. The third-order valence-electron chi connectivity index (χ3n) is 4.33. The second kappa shape index (κ2) is 10.9. The van der Waals surface area contributed by atoms with E-state index in [0.29, 0.717) is 35.9 Å². The van der Waals surface area contributed by atoms with Crippen LogP contribution in [0.2, 0.25) is 0 Å². The Bertz CT molecular complexity index is 1000. The van der Waals surface area contributed by atoms with Gasteiger partial charge in [0.2, 0.25) is 17.8 Å². The number of hydrogen-bond acceptors (Lipinski definition) is 9. The van der Waals surface area contributed by atoms with Crippen LogP contribution in [0.1, 0.15) is 19.4 Å². The highest BCUT2D eigenvalue weighted by Crippen LogP contribution is 2.21. The van der Waals surface area contributed by atoms with Gasteiger partial charge in [0.1, 0.15) is 0 Å². The number of amides is 1. The van der Waals surface area contributed by atoms with Gasteiger partial charge in [-0.15, -0.1) is 10.2 Å². The molecule has 0 aliphatic heterocycles. The Morgan fingerprint density at radius 2 is 1.81 bits per heavy atom. The van der Waals surface area contributed by atoms with Gasteiger partial charge in [0, 0.05) is 25.3 Å². The third-order valence-corrected chi connectivity index (χ3v) is 5.26. The van der Waals surface area contributed by atoms with Gasteiger partial charge in [-0.1, -0.05) is 23.9 Å². The molecule has 10 nitrogen and oxygen atoms in total. The van der Waals surface area contributed by atoms with Gasteiger partial charge in [0.25, 0.3) is 5.78 Å². The molecule has 1 amide bonds. The molecule has 0 saturated carbocycles. The first-order chi connectivity index (χ1) is 15.0. The SMILES string of the molecule is CCNc1nc(NCC)n2c(SCC(=O)Nc3ccc(CCN(C)C)cc3)nnc2n1. The minimum absolute atomic E-state index is 0.113. The molecule has 166 valence electrons. The third kappa shape index (κ3) is 6.28. The summed E-state index contributed by atoms with van der Waals surface area (Å²) in [6, 6.07) is 7.94. The van der Waals surface area contributed by atoms with Gasteiger partial charge in [-0.05, 0) is 52.1 Å². The lowest BCUT2D eigenvalue weighted by Gasteiger charge is -2.10. The van der Waals surface area contributed by atoms with Crippen LogP contribution in [0.4, 0.5) is 17.6 Å². The maximum atomic E-state index is 12.4. The van der Waals surface area contributed by atoms with Crippen LogP contribution in [0.5, 0.6) is 0 Å². The zero-order valence-corrected chi connectivity index (χ0v) is 19.2. The Labute approximate surface area is 186 Å². The molecule has 0 unspecified atom stereocenters. The van der Waals surface area contributed by atoms with E-state index in [2.05, 4.69) is 55.1 Å². The summed E-state index contributed by atoms with van der Waals surface area (Å²) in [5.74, 6) is 1.59. The van der Waals surface area contributed by atoms with Crippen LogP contribution in [0.25, 0.3) is 5.78 Å². The van der Waals surface area contributed by atoms with Crippen molar-refractivity contribution in [2.24, 2.45) is 0 Å². The summed E-state index contributed by atoms with van der Waals surface area (Å²) in [4.78, 5) is 23.4. The van der Waals surface area contributed by atoms with Crippen LogP contribution in [0.15, 0.2) is 29.4 Å². The predicted octanol–water partition coefficient (Wildman–Crippen LogP) is 2.22. The average Bonchev–Trinajstić information content (AvgIpc) is 3.15. The second-order valence-corrected chi connectivity index (χ2v) is 8.08. The maximum Gasteiger partial charge on any atom is 0.261 e. The number of aromatic nitrogens is 5. The Morgan fingerprint density at radius 3 is 2.48 bits per heavy atom. The molecule has 0 spiro atoms. The lowest BCUT2D eigenvalue weighted by molar-refractivity contribution is -0.113. The van der Waals surface area contributed by atoms with Crippen LogP contribution >= 0.6 is 11.8 Å². The molecule has 0 atom stereocenters. The number of likely N-dealkylation sites (N-methyl/N-ethyl adjacent to an activating group) is 1. The standard InChI is InChI=1S/C20H29N9OS/c1-5-21-17-24-18(22-6-2)29-19(25-17)26-27-20(29)31-13-16(30)23-15-9-7-14(8-10-15)11-12-28(3)4/h7-10H,5-6,11-13H2,1-4H3,(H,23,30)(H2,21,22,24,25,26). The highest BCUT2D eigenvalue weighted by atomic mass is 32.2. The van der Waals surface area contributed by atoms with Crippen molar-refractivity contribution in [1.29, 1.82) is 0 Å². The number of nitrogens with one attached hydrogen (secondary N) is 3. The largest absolute Gasteiger partial charge is 0.355 e. The summed E-state index contributed by atoms with van der Waals surface area (Å²) >= 11 is 1.29. The molecule has 2 aromatic heterocycles. The molecule has 1 aromatic carbocycles. The van der Waals surface area contributed by atoms with Crippen molar-refractivity contribution in [2.45, 2.75) is 25.4 Å². The van der Waals surface area contributed by atoms with Crippen LogP contribution < -0.4 is 16.0 Å². The van der Waals surface area contributed by atoms with E-state index in [4.69, 9.17) is 0 Å². The minimum atomic E-state index is -0.113. The number of carbonyl (C=O) groups excluding carboxylic acids is 1. The summed E-state index contributed by atoms with van der Waals surface area (Å²) in [6.07, 6.45) is 0.975. The number of nitrogens with zero attached hydrogens (tertiary/aromatic N) is 6. The number of anilines is 3. The molecule has 11 heteroatoms. The fraction of sp³-hybridized carbons (Fsp3) is 0.450. The predicted molar refractivity (Wildman–Crippen MR) is 125 cm³/mol. The van der Waals surface area contributed by atoms with Gasteiger partial charge in [0.15, 0.2) is 5.16 Å². The van der Waals surface area contributed by atoms with Crippen molar-refractivity contribution in [3.63, 3.8) is 0 Å². The van der Waals surface area contributed by atoms with Crippen LogP contribution in [-0.2, 0) is 11.2 Å². The summed E-state index contributed by atoms with van der Waals surface area (Å²) in [5.41, 5.74) is 2.01. The molecular formula is C20H29N9OS. The first-order valence-electron chi connectivity index (χ1n) is 10.3. The number of benzene rings is 1. The lowest BCUT2D eigenvalue weighted by Crippen LogP contribution is -2.16. The monoisotopic (exact) mass is 443 g/mol. The molecule has 3 aromatic rings. The summed E-state index contributed by atoms with van der Waals surface area (Å²) in [7, 11) is 4.11. The number of carbonyl (C=O) groups is 1. The Balaban J connectivity index is 1.63. The van der Waals surface area contributed by atoms with Gasteiger partial charge in [-0.3, -0.25) is 4.79 Å². The molecule has 2 heterocycles. The van der Waals surface area contributed by atoms with Gasteiger partial charge in [-0.2, -0.15) is 9.97 Å². The van der Waals surface area contributed by atoms with Crippen molar-refractivity contribution in [2.75, 3.05) is 55.4 Å². The van der Waals surface area contributed by atoms with Gasteiger partial charge < -0.3 is 20.9 Å². The van der Waals surface area contributed by atoms with E-state index in [1.807, 2.05) is 38.1 Å². The van der Waals surface area contributed by atoms with E-state index in [0.717, 1.165) is 18.7 Å². The highest BCUT2D eigenvalue weighted by molar-refractivity contribution is 7.99. The summed E-state index contributed by atoms with van der Waals surface area (Å²) in [6.45, 7) is 6.33. The van der Waals surface area contributed by atoms with E-state index < -0.39 is 0 Å². The molecule has 3 N–H and O–H groups in total. The number of rotatable bonds is 11. The molecule has 0 fully saturated rings. The van der Waals surface area contributed by atoms with E-state index in [1.165, 1.54) is 17.3 Å². The van der Waals surface area contributed by atoms with Crippen molar-refractivity contribution < 1.29 is 4.79 Å². The molecule has 0 aliphatic carbocycles. The van der Waals surface area contributed by atoms with Crippen molar-refractivity contribution in [3.05, 3.63) is 29.8 Å². The fourth-order valence-electron chi connectivity index (χ4n) is 2.83. The van der Waals surface area contributed by atoms with E-state index in [9.17, 15) is 4.79 Å². The van der Waals surface area contributed by atoms with Crippen LogP contribution in [-0.4, -0.2) is 74.9 Å². The molecule has 0 radical (unpaired) electrons. The number of fused-ring (bicyclic) bond motifs is 1. The van der Waals surface area contributed by atoms with E-state index >= 15 is 0 Å². The number of hydrogen-bond donors (Lipinski definition) is 3. The number of thioether (sulfide) groups is 1. The highest BCUT2D eigenvalue weighted by Gasteiger charge is 2.16. The molecular weight excluding hydrogens is 414 g/mol. The van der Waals surface area contributed by atoms with Crippen molar-refractivity contribution >= 4 is 41.0 Å². The van der Waals surface area contributed by atoms with Gasteiger partial charge >= 0.3 is 0 Å². The van der Waals surface area contributed by atoms with Gasteiger partial charge in [0.05, 0.1) is 5.75 Å². The molecule has 3 rings (SSSR count). The van der Waals surface area contributed by atoms with Crippen molar-refractivity contribution in [1.82, 2.24) is 29.5 Å². The van der Waals surface area contributed by atoms with Crippen LogP contribution in [0, 0.1) is 0 Å². The summed E-state index contributed by atoms with van der Waals surface area (Å²) in [5, 5.41) is 18.1. The average molecular weight is 444 g/mol. The Morgan fingerprint density at radius 1 is 1.06 bits per heavy atom. The quantitative estimate of drug-likeness (QED) is 0.384. The van der Waals surface area contributed by atoms with E-state index in [-0.39, 0.29) is 11.7 Å². The lowest BCUT2D eigenvalue weighted by atomic mass is 10.1. The molecule has 0 bridgehead atoms. The first-order valence-corrected chi connectivity index (χ1v) is 11.3. The Kier molecular flexibility index (Phi) is 8.01. The summed E-state index contributed by atoms with van der Waals surface area (Å²) < 4.78 is 1.72. The van der Waals surface area contributed by atoms with Gasteiger partial charge in [-0.25, -0.2) is 4.40 Å². The topological polar surface area (TPSA) is 112 Å². The van der Waals surface area contributed by atoms with E-state index in [1.54, 1.807) is 4.40 Å². The molecule has 31 heavy (non-hydrogen) atoms. The van der Waals surface area contributed by atoms with Crippen LogP contribution in [0.3, 0.4) is 0 Å². The van der Waals surface area contributed by atoms with Crippen molar-refractivity contribution in [3.8, 4) is 0 Å². The second-order valence-electron chi connectivity index (χ2n) is 7.14. The Hall–Kier alpha value is -2.92.